The Bertz CT molecular complexity index is 522. The monoisotopic (exact) mass is 307 g/mol. The second-order valence-corrected chi connectivity index (χ2v) is 6.63. The molecule has 0 heterocycles. The van der Waals surface area contributed by atoms with E-state index in [4.69, 9.17) is 0 Å². The molecule has 0 aromatic heterocycles. The number of fused-ring (bicyclic) bond motifs is 2. The molecule has 3 atom stereocenters. The summed E-state index contributed by atoms with van der Waals surface area (Å²) in [4.78, 5) is 0. The molecule has 0 aliphatic heterocycles. The Balaban J connectivity index is 1.87. The molecule has 2 bridgehead atoms. The smallest absolute Gasteiger partial charge is 0.137 e. The molecule has 18 heavy (non-hydrogen) atoms. The topological polar surface area (TPSA) is 23.8 Å². The van der Waals surface area contributed by atoms with Gasteiger partial charge in [-0.25, -0.2) is 4.39 Å². The van der Waals surface area contributed by atoms with Crippen LogP contribution in [0.1, 0.15) is 31.2 Å². The maximum Gasteiger partial charge on any atom is 0.137 e. The van der Waals surface area contributed by atoms with Crippen molar-refractivity contribution in [2.75, 3.05) is 0 Å². The van der Waals surface area contributed by atoms with Gasteiger partial charge >= 0.3 is 0 Å². The van der Waals surface area contributed by atoms with Crippen LogP contribution in [0.4, 0.5) is 4.39 Å². The highest BCUT2D eigenvalue weighted by Crippen LogP contribution is 2.57. The molecule has 1 aromatic rings. The molecule has 0 N–H and O–H groups in total. The molecule has 0 spiro atoms. The number of nitriles is 1. The van der Waals surface area contributed by atoms with Crippen molar-refractivity contribution in [3.05, 3.63) is 34.1 Å². The Morgan fingerprint density at radius 1 is 1.44 bits per heavy atom. The number of halogens is 2. The molecular weight excluding hydrogens is 293 g/mol. The predicted molar refractivity (Wildman–Crippen MR) is 71.3 cm³/mol. The van der Waals surface area contributed by atoms with Crippen LogP contribution < -0.4 is 0 Å². The Kier molecular flexibility index (Phi) is 2.94. The lowest BCUT2D eigenvalue weighted by Crippen LogP contribution is -2.28. The van der Waals surface area contributed by atoms with Crippen molar-refractivity contribution < 1.29 is 4.39 Å². The van der Waals surface area contributed by atoms with E-state index in [2.05, 4.69) is 22.0 Å². The number of hydrogen-bond donors (Lipinski definition) is 0. The third kappa shape index (κ3) is 1.87. The number of hydrogen-bond acceptors (Lipinski definition) is 1. The highest BCUT2D eigenvalue weighted by atomic mass is 79.9. The fourth-order valence-corrected chi connectivity index (χ4v) is 4.28. The molecular formula is C15H15BrFN. The summed E-state index contributed by atoms with van der Waals surface area (Å²) < 4.78 is 13.7. The average Bonchev–Trinajstić information content (AvgIpc) is 2.94. The van der Waals surface area contributed by atoms with Crippen molar-refractivity contribution in [3.8, 4) is 6.07 Å². The lowest BCUT2D eigenvalue weighted by molar-refractivity contribution is 0.239. The van der Waals surface area contributed by atoms with Crippen LogP contribution in [-0.2, 0) is 6.42 Å². The number of rotatable bonds is 2. The Morgan fingerprint density at radius 2 is 2.28 bits per heavy atom. The molecule has 3 heteroatoms. The third-order valence-electron chi connectivity index (χ3n) is 4.70. The highest BCUT2D eigenvalue weighted by molar-refractivity contribution is 9.10. The van der Waals surface area contributed by atoms with Gasteiger partial charge in [0.15, 0.2) is 0 Å². The van der Waals surface area contributed by atoms with Gasteiger partial charge in [0.25, 0.3) is 0 Å². The minimum atomic E-state index is -0.238. The summed E-state index contributed by atoms with van der Waals surface area (Å²) in [6.45, 7) is 0. The Labute approximate surface area is 115 Å². The van der Waals surface area contributed by atoms with Crippen LogP contribution in [0.15, 0.2) is 22.7 Å². The third-order valence-corrected chi connectivity index (χ3v) is 5.31. The van der Waals surface area contributed by atoms with Gasteiger partial charge in [0.05, 0.1) is 16.0 Å². The first kappa shape index (κ1) is 12.2. The van der Waals surface area contributed by atoms with Crippen LogP contribution in [0, 0.1) is 34.4 Å². The van der Waals surface area contributed by atoms with E-state index < -0.39 is 0 Å². The summed E-state index contributed by atoms with van der Waals surface area (Å²) in [7, 11) is 0. The first-order chi connectivity index (χ1) is 8.63. The van der Waals surface area contributed by atoms with Crippen LogP contribution in [0.5, 0.6) is 0 Å². The summed E-state index contributed by atoms with van der Waals surface area (Å²) in [5.41, 5.74) is 0.873. The fraction of sp³-hybridized carbons (Fsp3) is 0.533. The second kappa shape index (κ2) is 4.35. The van der Waals surface area contributed by atoms with Crippen molar-refractivity contribution in [3.63, 3.8) is 0 Å². The Hall–Kier alpha value is -0.880. The lowest BCUT2D eigenvalue weighted by atomic mass is 9.70. The van der Waals surface area contributed by atoms with E-state index in [0.29, 0.717) is 10.4 Å². The van der Waals surface area contributed by atoms with E-state index in [0.717, 1.165) is 24.3 Å². The minimum Gasteiger partial charge on any atom is -0.206 e. The van der Waals surface area contributed by atoms with Gasteiger partial charge in [-0.3, -0.25) is 0 Å². The van der Waals surface area contributed by atoms with Crippen molar-refractivity contribution in [2.45, 2.75) is 32.1 Å². The molecule has 94 valence electrons. The SMILES string of the molecule is N#CC1(Cc2ccc(F)c(Br)c2)CC2CCC1C2. The zero-order valence-corrected chi connectivity index (χ0v) is 11.7. The minimum absolute atomic E-state index is 0.194. The molecule has 0 saturated heterocycles. The van der Waals surface area contributed by atoms with Crippen LogP contribution in [-0.4, -0.2) is 0 Å². The molecule has 0 amide bonds. The van der Waals surface area contributed by atoms with Crippen LogP contribution >= 0.6 is 15.9 Å². The number of nitrogens with zero attached hydrogens (tertiary/aromatic N) is 1. The predicted octanol–water partition coefficient (Wildman–Crippen LogP) is 4.46. The van der Waals surface area contributed by atoms with Crippen LogP contribution in [0.3, 0.4) is 0 Å². The number of benzene rings is 1. The van der Waals surface area contributed by atoms with Gasteiger partial charge in [0.1, 0.15) is 5.82 Å². The van der Waals surface area contributed by atoms with Crippen LogP contribution in [0.2, 0.25) is 0 Å². The summed E-state index contributed by atoms with van der Waals surface area (Å²) in [6, 6.07) is 7.70. The standard InChI is InChI=1S/C15H15BrFN/c16-13-6-11(2-4-14(13)17)8-15(9-18)7-10-1-3-12(15)5-10/h2,4,6,10,12H,1,3,5,7-8H2. The zero-order valence-electron chi connectivity index (χ0n) is 10.1. The van der Waals surface area contributed by atoms with Gasteiger partial charge in [0, 0.05) is 0 Å². The second-order valence-electron chi connectivity index (χ2n) is 5.77. The summed E-state index contributed by atoms with van der Waals surface area (Å²) >= 11 is 3.22. The van der Waals surface area contributed by atoms with Gasteiger partial charge in [-0.15, -0.1) is 0 Å². The lowest BCUT2D eigenvalue weighted by Gasteiger charge is -2.31. The maximum absolute atomic E-state index is 13.2. The van der Waals surface area contributed by atoms with Gasteiger partial charge < -0.3 is 0 Å². The summed E-state index contributed by atoms with van der Waals surface area (Å²) in [6.07, 6.45) is 5.50. The molecule has 2 fully saturated rings. The van der Waals surface area contributed by atoms with E-state index in [1.807, 2.05) is 12.1 Å². The molecule has 0 radical (unpaired) electrons. The highest BCUT2D eigenvalue weighted by Gasteiger charge is 2.51. The van der Waals surface area contributed by atoms with Crippen LogP contribution in [0.25, 0.3) is 0 Å². The van der Waals surface area contributed by atoms with Gasteiger partial charge in [-0.1, -0.05) is 12.5 Å². The fourth-order valence-electron chi connectivity index (χ4n) is 3.85. The van der Waals surface area contributed by atoms with Gasteiger partial charge in [0.2, 0.25) is 0 Å². The van der Waals surface area contributed by atoms with Crippen molar-refractivity contribution >= 4 is 15.9 Å². The molecule has 1 nitrogen and oxygen atoms in total. The molecule has 2 aliphatic carbocycles. The molecule has 3 unspecified atom stereocenters. The van der Waals surface area contributed by atoms with E-state index >= 15 is 0 Å². The van der Waals surface area contributed by atoms with Gasteiger partial charge in [-0.05, 0) is 71.1 Å². The summed E-state index contributed by atoms with van der Waals surface area (Å²) in [5, 5.41) is 9.59. The molecule has 2 saturated carbocycles. The Morgan fingerprint density at radius 3 is 2.83 bits per heavy atom. The van der Waals surface area contributed by atoms with E-state index in [1.165, 1.54) is 25.3 Å². The van der Waals surface area contributed by atoms with Gasteiger partial charge in [-0.2, -0.15) is 5.26 Å². The van der Waals surface area contributed by atoms with Crippen molar-refractivity contribution in [2.24, 2.45) is 17.3 Å². The normalized spacial score (nSPS) is 33.6. The molecule has 1 aromatic carbocycles. The molecule has 2 aliphatic rings. The van der Waals surface area contributed by atoms with E-state index in [9.17, 15) is 9.65 Å². The van der Waals surface area contributed by atoms with Crippen molar-refractivity contribution in [1.29, 1.82) is 5.26 Å². The quantitative estimate of drug-likeness (QED) is 0.791. The van der Waals surface area contributed by atoms with E-state index in [-0.39, 0.29) is 11.2 Å². The van der Waals surface area contributed by atoms with Crippen molar-refractivity contribution in [1.82, 2.24) is 0 Å². The maximum atomic E-state index is 13.2. The molecule has 3 rings (SSSR count). The van der Waals surface area contributed by atoms with E-state index in [1.54, 1.807) is 0 Å². The zero-order chi connectivity index (χ0) is 12.8. The largest absolute Gasteiger partial charge is 0.206 e. The first-order valence-corrected chi connectivity index (χ1v) is 7.27. The first-order valence-electron chi connectivity index (χ1n) is 6.48. The average molecular weight is 308 g/mol. The summed E-state index contributed by atoms with van der Waals surface area (Å²) in [5.74, 6) is 1.06.